The van der Waals surface area contributed by atoms with Gasteiger partial charge in [-0.05, 0) is 13.5 Å². The maximum atomic E-state index is 11.3. The van der Waals surface area contributed by atoms with Crippen molar-refractivity contribution in [3.63, 3.8) is 0 Å². The second kappa shape index (κ2) is 15.3. The molecule has 0 aliphatic carbocycles. The highest BCUT2D eigenvalue weighted by Crippen LogP contribution is 1.94. The van der Waals surface area contributed by atoms with Crippen LogP contribution in [0.3, 0.4) is 0 Å². The summed E-state index contributed by atoms with van der Waals surface area (Å²) in [7, 11) is 6.89. The average Bonchev–Trinajstić information content (AvgIpc) is 2.49. The molecule has 0 radical (unpaired) electrons. The monoisotopic (exact) mass is 430 g/mol. The lowest BCUT2D eigenvalue weighted by Gasteiger charge is -2.18. The van der Waals surface area contributed by atoms with Crippen molar-refractivity contribution in [1.29, 1.82) is 0 Å². The Balaban J connectivity index is 0. The maximum Gasteiger partial charge on any atom is 0.310 e. The molecule has 0 saturated carbocycles. The Morgan fingerprint density at radius 1 is 1.27 bits per heavy atom. The van der Waals surface area contributed by atoms with Crippen LogP contribution in [-0.4, -0.2) is 77.9 Å². The van der Waals surface area contributed by atoms with Gasteiger partial charge in [-0.25, -0.2) is 0 Å². The SMILES string of the molecule is CN=C(NCCN(C)CCCOC)NCC(C)C(=O)OC.I. The fraction of sp³-hybridized carbons (Fsp3) is 0.857. The van der Waals surface area contributed by atoms with E-state index in [2.05, 4.69) is 32.3 Å². The molecule has 0 heterocycles. The Labute approximate surface area is 151 Å². The normalized spacial score (nSPS) is 12.5. The number of aliphatic imine (C=N–C) groups is 1. The van der Waals surface area contributed by atoms with Crippen LogP contribution in [0.15, 0.2) is 4.99 Å². The first-order chi connectivity index (χ1) is 10.0. The molecule has 22 heavy (non-hydrogen) atoms. The summed E-state index contributed by atoms with van der Waals surface area (Å²) < 4.78 is 9.71. The second-order valence-corrected chi connectivity index (χ2v) is 4.95. The summed E-state index contributed by atoms with van der Waals surface area (Å²) in [5.41, 5.74) is 0. The van der Waals surface area contributed by atoms with Gasteiger partial charge < -0.3 is 25.0 Å². The number of hydrogen-bond acceptors (Lipinski definition) is 5. The van der Waals surface area contributed by atoms with Gasteiger partial charge in [-0.3, -0.25) is 9.79 Å². The van der Waals surface area contributed by atoms with Crippen molar-refractivity contribution in [3.05, 3.63) is 0 Å². The summed E-state index contributed by atoms with van der Waals surface area (Å²) in [4.78, 5) is 17.7. The van der Waals surface area contributed by atoms with Gasteiger partial charge in [0.15, 0.2) is 5.96 Å². The molecule has 0 aromatic rings. The fourth-order valence-corrected chi connectivity index (χ4v) is 1.71. The lowest BCUT2D eigenvalue weighted by molar-refractivity contribution is -0.144. The molecule has 7 nitrogen and oxygen atoms in total. The molecule has 0 aromatic carbocycles. The third-order valence-electron chi connectivity index (χ3n) is 3.08. The van der Waals surface area contributed by atoms with Gasteiger partial charge in [-0.2, -0.15) is 0 Å². The number of likely N-dealkylation sites (N-methyl/N-ethyl adjacent to an activating group) is 1. The third kappa shape index (κ3) is 12.0. The minimum absolute atomic E-state index is 0. The molecule has 132 valence electrons. The predicted octanol–water partition coefficient (Wildman–Crippen LogP) is 0.547. The molecule has 0 saturated heterocycles. The minimum atomic E-state index is -0.226. The zero-order valence-electron chi connectivity index (χ0n) is 14.3. The molecule has 8 heteroatoms. The first kappa shape index (κ1) is 23.7. The van der Waals surface area contributed by atoms with Gasteiger partial charge in [-0.15, -0.1) is 24.0 Å². The number of nitrogens with one attached hydrogen (secondary N) is 2. The van der Waals surface area contributed by atoms with Crippen LogP contribution >= 0.6 is 24.0 Å². The van der Waals surface area contributed by atoms with E-state index in [0.29, 0.717) is 12.5 Å². The van der Waals surface area contributed by atoms with E-state index in [1.54, 1.807) is 14.2 Å². The van der Waals surface area contributed by atoms with E-state index >= 15 is 0 Å². The van der Waals surface area contributed by atoms with Crippen LogP contribution in [-0.2, 0) is 14.3 Å². The quantitative estimate of drug-likeness (QED) is 0.173. The highest BCUT2D eigenvalue weighted by Gasteiger charge is 2.13. The number of guanidine groups is 1. The number of carbonyl (C=O) groups excluding carboxylic acids is 1. The highest BCUT2D eigenvalue weighted by molar-refractivity contribution is 14.0. The standard InChI is InChI=1S/C14H30N4O3.HI/c1-12(13(19)21-5)11-17-14(15-2)16-7-9-18(3)8-6-10-20-4;/h12H,6-11H2,1-5H3,(H2,15,16,17);1H. The molecule has 0 fully saturated rings. The van der Waals surface area contributed by atoms with Gasteiger partial charge >= 0.3 is 5.97 Å². The van der Waals surface area contributed by atoms with Crippen LogP contribution in [0.2, 0.25) is 0 Å². The van der Waals surface area contributed by atoms with E-state index in [1.165, 1.54) is 7.11 Å². The van der Waals surface area contributed by atoms with Gasteiger partial charge in [-0.1, -0.05) is 6.92 Å². The number of methoxy groups -OCH3 is 2. The fourth-order valence-electron chi connectivity index (χ4n) is 1.71. The van der Waals surface area contributed by atoms with Crippen LogP contribution in [0.1, 0.15) is 13.3 Å². The molecule has 0 rings (SSSR count). The summed E-state index contributed by atoms with van der Waals surface area (Å²) in [5, 5.41) is 6.33. The zero-order chi connectivity index (χ0) is 16.1. The molecular formula is C14H31IN4O3. The van der Waals surface area contributed by atoms with Gasteiger partial charge in [0.05, 0.1) is 13.0 Å². The van der Waals surface area contributed by atoms with E-state index in [1.807, 2.05) is 6.92 Å². The van der Waals surface area contributed by atoms with E-state index in [-0.39, 0.29) is 35.9 Å². The summed E-state index contributed by atoms with van der Waals surface area (Å²) in [6, 6.07) is 0. The Bertz CT molecular complexity index is 316. The summed E-state index contributed by atoms with van der Waals surface area (Å²) in [6.07, 6.45) is 1.02. The van der Waals surface area contributed by atoms with Crippen molar-refractivity contribution in [2.45, 2.75) is 13.3 Å². The lowest BCUT2D eigenvalue weighted by Crippen LogP contribution is -2.43. The average molecular weight is 430 g/mol. The van der Waals surface area contributed by atoms with Crippen molar-refractivity contribution < 1.29 is 14.3 Å². The lowest BCUT2D eigenvalue weighted by atomic mass is 10.2. The molecule has 0 amide bonds. The Hall–Kier alpha value is -0.610. The molecule has 0 aliphatic heterocycles. The third-order valence-corrected chi connectivity index (χ3v) is 3.08. The smallest absolute Gasteiger partial charge is 0.310 e. The van der Waals surface area contributed by atoms with Gasteiger partial charge in [0, 0.05) is 46.9 Å². The van der Waals surface area contributed by atoms with Gasteiger partial charge in [0.1, 0.15) is 0 Å². The first-order valence-electron chi connectivity index (χ1n) is 7.25. The molecule has 0 bridgehead atoms. The van der Waals surface area contributed by atoms with Crippen molar-refractivity contribution in [2.75, 3.05) is 61.1 Å². The van der Waals surface area contributed by atoms with Crippen LogP contribution in [0, 0.1) is 5.92 Å². The minimum Gasteiger partial charge on any atom is -0.469 e. The van der Waals surface area contributed by atoms with E-state index in [0.717, 1.165) is 32.7 Å². The molecule has 2 N–H and O–H groups in total. The Kier molecular flexibility index (Phi) is 16.4. The second-order valence-electron chi connectivity index (χ2n) is 4.95. The number of halogens is 1. The number of carbonyl (C=O) groups is 1. The van der Waals surface area contributed by atoms with Crippen LogP contribution in [0.4, 0.5) is 0 Å². The van der Waals surface area contributed by atoms with E-state index in [9.17, 15) is 4.79 Å². The van der Waals surface area contributed by atoms with Crippen LogP contribution in [0.5, 0.6) is 0 Å². The maximum absolute atomic E-state index is 11.3. The zero-order valence-corrected chi connectivity index (χ0v) is 16.7. The van der Waals surface area contributed by atoms with Gasteiger partial charge in [0.25, 0.3) is 0 Å². The number of esters is 1. The molecular weight excluding hydrogens is 399 g/mol. The molecule has 1 unspecified atom stereocenters. The molecule has 0 aromatic heterocycles. The largest absolute Gasteiger partial charge is 0.469 e. The van der Waals surface area contributed by atoms with E-state index < -0.39 is 0 Å². The number of rotatable bonds is 10. The summed E-state index contributed by atoms with van der Waals surface area (Å²) in [5.74, 6) is 0.261. The molecule has 0 spiro atoms. The van der Waals surface area contributed by atoms with Crippen molar-refractivity contribution >= 4 is 35.9 Å². The number of hydrogen-bond donors (Lipinski definition) is 2. The van der Waals surface area contributed by atoms with Crippen molar-refractivity contribution in [3.8, 4) is 0 Å². The highest BCUT2D eigenvalue weighted by atomic mass is 127. The molecule has 0 aliphatic rings. The number of ether oxygens (including phenoxy) is 2. The Morgan fingerprint density at radius 2 is 1.95 bits per heavy atom. The summed E-state index contributed by atoms with van der Waals surface area (Å²) >= 11 is 0. The van der Waals surface area contributed by atoms with Crippen LogP contribution < -0.4 is 10.6 Å². The van der Waals surface area contributed by atoms with E-state index in [4.69, 9.17) is 4.74 Å². The Morgan fingerprint density at radius 3 is 2.50 bits per heavy atom. The van der Waals surface area contributed by atoms with Crippen LogP contribution in [0.25, 0.3) is 0 Å². The predicted molar refractivity (Wildman–Crippen MR) is 99.9 cm³/mol. The first-order valence-corrected chi connectivity index (χ1v) is 7.25. The van der Waals surface area contributed by atoms with Crippen molar-refractivity contribution in [2.24, 2.45) is 10.9 Å². The molecule has 1 atom stereocenters. The number of nitrogens with zero attached hydrogens (tertiary/aromatic N) is 2. The topological polar surface area (TPSA) is 75.2 Å². The summed E-state index contributed by atoms with van der Waals surface area (Å²) in [6.45, 7) is 5.80. The van der Waals surface area contributed by atoms with Crippen molar-refractivity contribution in [1.82, 2.24) is 15.5 Å². The van der Waals surface area contributed by atoms with Gasteiger partial charge in [0.2, 0.25) is 0 Å².